The Kier molecular flexibility index (Phi) is 3.24. The lowest BCUT2D eigenvalue weighted by atomic mass is 10.3. The number of benzene rings is 1. The summed E-state index contributed by atoms with van der Waals surface area (Å²) < 4.78 is 20.7. The molecule has 0 bridgehead atoms. The van der Waals surface area contributed by atoms with E-state index >= 15 is 0 Å². The Bertz CT molecular complexity index is 462. The summed E-state index contributed by atoms with van der Waals surface area (Å²) >= 11 is 3.30. The molecule has 5 heteroatoms. The minimum atomic E-state index is -0.270. The van der Waals surface area contributed by atoms with E-state index in [1.807, 2.05) is 17.8 Å². The van der Waals surface area contributed by atoms with Gasteiger partial charge in [-0.2, -0.15) is 0 Å². The van der Waals surface area contributed by atoms with E-state index in [2.05, 4.69) is 20.9 Å². The smallest absolute Gasteiger partial charge is 0.177 e. The zero-order chi connectivity index (χ0) is 11.5. The van der Waals surface area contributed by atoms with Crippen molar-refractivity contribution in [3.63, 3.8) is 0 Å². The molecule has 0 spiro atoms. The molecule has 0 aliphatic heterocycles. The van der Waals surface area contributed by atoms with Crippen LogP contribution in [-0.2, 0) is 13.7 Å². The Labute approximate surface area is 101 Å². The summed E-state index contributed by atoms with van der Waals surface area (Å²) in [5.41, 5.74) is 0.818. The number of hydrogen-bond acceptors (Lipinski definition) is 2. The van der Waals surface area contributed by atoms with Crippen molar-refractivity contribution in [2.75, 3.05) is 0 Å². The van der Waals surface area contributed by atoms with Gasteiger partial charge in [0, 0.05) is 13.2 Å². The van der Waals surface area contributed by atoms with Gasteiger partial charge in [-0.05, 0) is 40.2 Å². The second-order valence-corrected chi connectivity index (χ2v) is 4.06. The number of imidazole rings is 1. The molecule has 0 atom stereocenters. The van der Waals surface area contributed by atoms with Crippen LogP contribution in [0.2, 0.25) is 0 Å². The third-order valence-corrected chi connectivity index (χ3v) is 2.81. The van der Waals surface area contributed by atoms with Gasteiger partial charge in [0.1, 0.15) is 18.2 Å². The Morgan fingerprint density at radius 2 is 2.06 bits per heavy atom. The van der Waals surface area contributed by atoms with E-state index in [0.29, 0.717) is 12.4 Å². The molecule has 0 fully saturated rings. The van der Waals surface area contributed by atoms with Crippen LogP contribution in [0, 0.1) is 5.82 Å². The Morgan fingerprint density at radius 3 is 2.62 bits per heavy atom. The summed E-state index contributed by atoms with van der Waals surface area (Å²) in [4.78, 5) is 4.22. The summed E-state index contributed by atoms with van der Waals surface area (Å²) in [6.45, 7) is 0.366. The van der Waals surface area contributed by atoms with E-state index in [0.717, 1.165) is 10.4 Å². The fourth-order valence-electron chi connectivity index (χ4n) is 1.26. The van der Waals surface area contributed by atoms with Gasteiger partial charge in [0.2, 0.25) is 0 Å². The molecule has 3 nitrogen and oxygen atoms in total. The highest BCUT2D eigenvalue weighted by Crippen LogP contribution is 2.14. The normalized spacial score (nSPS) is 10.4. The van der Waals surface area contributed by atoms with Crippen LogP contribution in [0.25, 0.3) is 0 Å². The summed E-state index contributed by atoms with van der Waals surface area (Å²) in [6.07, 6.45) is 1.87. The van der Waals surface area contributed by atoms with Gasteiger partial charge in [0.05, 0.1) is 5.69 Å². The molecular weight excluding hydrogens is 275 g/mol. The van der Waals surface area contributed by atoms with Crippen LogP contribution in [0.4, 0.5) is 4.39 Å². The zero-order valence-corrected chi connectivity index (χ0v) is 10.2. The predicted molar refractivity (Wildman–Crippen MR) is 61.6 cm³/mol. The first-order chi connectivity index (χ1) is 7.65. The van der Waals surface area contributed by atoms with Crippen molar-refractivity contribution >= 4 is 15.9 Å². The molecule has 1 aromatic carbocycles. The highest BCUT2D eigenvalue weighted by Gasteiger charge is 2.03. The molecule has 1 heterocycles. The van der Waals surface area contributed by atoms with Gasteiger partial charge >= 0.3 is 0 Å². The van der Waals surface area contributed by atoms with Gasteiger partial charge in [-0.15, -0.1) is 0 Å². The van der Waals surface area contributed by atoms with E-state index < -0.39 is 0 Å². The van der Waals surface area contributed by atoms with Gasteiger partial charge in [0.15, 0.2) is 4.73 Å². The molecule has 2 rings (SSSR count). The van der Waals surface area contributed by atoms with Crippen LogP contribution >= 0.6 is 15.9 Å². The van der Waals surface area contributed by atoms with Gasteiger partial charge in [-0.25, -0.2) is 9.37 Å². The lowest BCUT2D eigenvalue weighted by Gasteiger charge is -2.03. The van der Waals surface area contributed by atoms with Gasteiger partial charge < -0.3 is 9.30 Å². The van der Waals surface area contributed by atoms with Gasteiger partial charge in [0.25, 0.3) is 0 Å². The van der Waals surface area contributed by atoms with Gasteiger partial charge in [-0.1, -0.05) is 0 Å². The highest BCUT2D eigenvalue weighted by atomic mass is 79.9. The molecule has 84 valence electrons. The standard InChI is InChI=1S/C11H10BrFN2O/c1-15-6-9(14-11(15)12)7-16-10-4-2-8(13)3-5-10/h2-6H,7H2,1H3. The van der Waals surface area contributed by atoms with E-state index in [1.54, 1.807) is 12.1 Å². The maximum Gasteiger partial charge on any atom is 0.177 e. The van der Waals surface area contributed by atoms with E-state index in [9.17, 15) is 4.39 Å². The van der Waals surface area contributed by atoms with Crippen molar-refractivity contribution in [1.29, 1.82) is 0 Å². The van der Waals surface area contributed by atoms with E-state index in [4.69, 9.17) is 4.74 Å². The van der Waals surface area contributed by atoms with E-state index in [1.165, 1.54) is 12.1 Å². The summed E-state index contributed by atoms with van der Waals surface area (Å²) in [7, 11) is 1.89. The summed E-state index contributed by atoms with van der Waals surface area (Å²) in [5.74, 6) is 0.358. The van der Waals surface area contributed by atoms with Crippen LogP contribution < -0.4 is 4.74 Å². The van der Waals surface area contributed by atoms with Crippen LogP contribution in [0.15, 0.2) is 35.2 Å². The molecule has 0 radical (unpaired) electrons. The topological polar surface area (TPSA) is 27.1 Å². The summed E-state index contributed by atoms with van der Waals surface area (Å²) in [5, 5.41) is 0. The molecule has 0 saturated heterocycles. The lowest BCUT2D eigenvalue weighted by molar-refractivity contribution is 0.301. The molecule has 0 N–H and O–H groups in total. The van der Waals surface area contributed by atoms with E-state index in [-0.39, 0.29) is 5.82 Å². The molecule has 0 saturated carbocycles. The Balaban J connectivity index is 1.99. The largest absolute Gasteiger partial charge is 0.487 e. The number of nitrogens with zero attached hydrogens (tertiary/aromatic N) is 2. The van der Waals surface area contributed by atoms with Gasteiger partial charge in [-0.3, -0.25) is 0 Å². The first-order valence-electron chi connectivity index (χ1n) is 4.71. The average Bonchev–Trinajstić information content (AvgIpc) is 2.58. The monoisotopic (exact) mass is 284 g/mol. The third kappa shape index (κ3) is 2.61. The van der Waals surface area contributed by atoms with Crippen LogP contribution in [0.1, 0.15) is 5.69 Å². The fraction of sp³-hybridized carbons (Fsp3) is 0.182. The summed E-state index contributed by atoms with van der Waals surface area (Å²) in [6, 6.07) is 5.91. The second kappa shape index (κ2) is 4.65. The molecule has 0 aliphatic rings. The molecule has 16 heavy (non-hydrogen) atoms. The van der Waals surface area contributed by atoms with Crippen LogP contribution in [0.3, 0.4) is 0 Å². The minimum absolute atomic E-state index is 0.270. The number of aryl methyl sites for hydroxylation is 1. The maximum atomic E-state index is 12.6. The predicted octanol–water partition coefficient (Wildman–Crippen LogP) is 2.90. The van der Waals surface area contributed by atoms with Crippen molar-refractivity contribution in [3.8, 4) is 5.75 Å². The highest BCUT2D eigenvalue weighted by molar-refractivity contribution is 9.10. The number of rotatable bonds is 3. The first-order valence-corrected chi connectivity index (χ1v) is 5.50. The first kappa shape index (κ1) is 11.1. The number of hydrogen-bond donors (Lipinski definition) is 0. The zero-order valence-electron chi connectivity index (χ0n) is 8.65. The maximum absolute atomic E-state index is 12.6. The average molecular weight is 285 g/mol. The number of ether oxygens (including phenoxy) is 1. The SMILES string of the molecule is Cn1cc(COc2ccc(F)cc2)nc1Br. The molecule has 0 aliphatic carbocycles. The quantitative estimate of drug-likeness (QED) is 0.867. The van der Waals surface area contributed by atoms with Crippen LogP contribution in [-0.4, -0.2) is 9.55 Å². The number of aromatic nitrogens is 2. The van der Waals surface area contributed by atoms with Crippen LogP contribution in [0.5, 0.6) is 5.75 Å². The van der Waals surface area contributed by atoms with Crippen molar-refractivity contribution in [1.82, 2.24) is 9.55 Å². The Hall–Kier alpha value is -1.36. The van der Waals surface area contributed by atoms with Crippen molar-refractivity contribution in [2.24, 2.45) is 7.05 Å². The molecule has 1 aromatic heterocycles. The van der Waals surface area contributed by atoms with Crippen molar-refractivity contribution in [3.05, 3.63) is 46.7 Å². The second-order valence-electron chi connectivity index (χ2n) is 3.35. The molecule has 0 unspecified atom stereocenters. The minimum Gasteiger partial charge on any atom is -0.487 e. The molecule has 0 amide bonds. The van der Waals surface area contributed by atoms with Crippen molar-refractivity contribution in [2.45, 2.75) is 6.61 Å². The number of halogens is 2. The lowest BCUT2D eigenvalue weighted by Crippen LogP contribution is -1.95. The third-order valence-electron chi connectivity index (χ3n) is 2.07. The Morgan fingerprint density at radius 1 is 1.38 bits per heavy atom. The fourth-order valence-corrected chi connectivity index (χ4v) is 1.59. The molecule has 2 aromatic rings. The van der Waals surface area contributed by atoms with Crippen molar-refractivity contribution < 1.29 is 9.13 Å². The molecular formula is C11H10BrFN2O.